The van der Waals surface area contributed by atoms with Gasteiger partial charge in [-0.2, -0.15) is 0 Å². The van der Waals surface area contributed by atoms with E-state index in [0.29, 0.717) is 45.0 Å². The SMILES string of the molecule is OP12(O)n3c4c5ccccc5c3N=c3c5ccccc5c(n31)=C1N=C(N=c3c5ccccc5c(n32)=N4)c2ccccc21. The Morgan fingerprint density at radius 3 is 1.57 bits per heavy atom. The van der Waals surface area contributed by atoms with E-state index in [4.69, 9.17) is 20.0 Å². The second-order valence-corrected chi connectivity index (χ2v) is 14.1. The Balaban J connectivity index is 1.58. The summed E-state index contributed by atoms with van der Waals surface area (Å²) in [6.07, 6.45) is 0. The molecule has 9 nitrogen and oxygen atoms in total. The first kappa shape index (κ1) is 21.5. The summed E-state index contributed by atoms with van der Waals surface area (Å²) in [6, 6.07) is 31.4. The van der Waals surface area contributed by atoms with Gasteiger partial charge in [0.2, 0.25) is 0 Å². The topological polar surface area (TPSA) is 105 Å². The van der Waals surface area contributed by atoms with E-state index in [0.717, 1.165) is 43.4 Å². The number of benzene rings is 4. The Morgan fingerprint density at radius 1 is 0.452 bits per heavy atom. The van der Waals surface area contributed by atoms with Crippen molar-refractivity contribution in [1.29, 1.82) is 0 Å². The van der Waals surface area contributed by atoms with Crippen LogP contribution in [0.4, 0.5) is 11.6 Å². The zero-order valence-electron chi connectivity index (χ0n) is 21.7. The first-order valence-electron chi connectivity index (χ1n) is 13.7. The minimum atomic E-state index is -5.49. The van der Waals surface area contributed by atoms with E-state index in [2.05, 4.69) is 0 Å². The van der Waals surface area contributed by atoms with Crippen molar-refractivity contribution >= 4 is 63.0 Å². The van der Waals surface area contributed by atoms with Crippen molar-refractivity contribution in [3.05, 3.63) is 130 Å². The number of hydrogen-bond acceptors (Lipinski definition) is 6. The van der Waals surface area contributed by atoms with Crippen molar-refractivity contribution in [3.8, 4) is 0 Å². The first-order chi connectivity index (χ1) is 20.5. The molecule has 2 N–H and O–H groups in total. The number of rotatable bonds is 0. The number of nitrogens with zero attached hydrogens (tertiary/aromatic N) is 7. The molecule has 7 heterocycles. The number of amidine groups is 1. The van der Waals surface area contributed by atoms with Gasteiger partial charge in [-0.05, 0) is 0 Å². The normalized spacial score (nSPS) is 18.5. The maximum atomic E-state index is 13.7. The van der Waals surface area contributed by atoms with Gasteiger partial charge in [-0.15, -0.1) is 0 Å². The van der Waals surface area contributed by atoms with Gasteiger partial charge in [0.05, 0.1) is 0 Å². The van der Waals surface area contributed by atoms with Crippen LogP contribution in [0.2, 0.25) is 0 Å². The predicted molar refractivity (Wildman–Crippen MR) is 161 cm³/mol. The Hall–Kier alpha value is -5.21. The maximum absolute atomic E-state index is 13.7. The summed E-state index contributed by atoms with van der Waals surface area (Å²) in [5.74, 6) is 1.44. The van der Waals surface area contributed by atoms with Crippen molar-refractivity contribution in [2.45, 2.75) is 0 Å². The van der Waals surface area contributed by atoms with E-state index in [1.54, 1.807) is 13.0 Å². The summed E-state index contributed by atoms with van der Waals surface area (Å²) >= 11 is 0. The van der Waals surface area contributed by atoms with Crippen LogP contribution in [-0.4, -0.2) is 28.6 Å². The molecule has 0 atom stereocenters. The summed E-state index contributed by atoms with van der Waals surface area (Å²) < 4.78 is 4.82. The zero-order valence-corrected chi connectivity index (χ0v) is 22.6. The van der Waals surface area contributed by atoms with Crippen molar-refractivity contribution in [3.63, 3.8) is 0 Å². The molecule has 0 saturated heterocycles. The van der Waals surface area contributed by atoms with E-state index in [-0.39, 0.29) is 0 Å². The molecule has 3 aromatic heterocycles. The molecule has 0 fully saturated rings. The monoisotopic (exact) mass is 563 g/mol. The summed E-state index contributed by atoms with van der Waals surface area (Å²) in [5, 5.41) is 5.38. The summed E-state index contributed by atoms with van der Waals surface area (Å²) in [5.41, 5.74) is 3.72. The van der Waals surface area contributed by atoms with Crippen LogP contribution in [-0.2, 0) is 0 Å². The Kier molecular flexibility index (Phi) is 3.32. The zero-order chi connectivity index (χ0) is 27.6. The molecular weight excluding hydrogens is 545 g/mol. The molecule has 7 aromatic rings. The van der Waals surface area contributed by atoms with Crippen molar-refractivity contribution in [2.24, 2.45) is 20.0 Å². The molecule has 4 aliphatic heterocycles. The number of aromatic nitrogens is 3. The number of aliphatic imine (C=N–C) groups is 1. The summed E-state index contributed by atoms with van der Waals surface area (Å²) in [4.78, 5) is 48.0. The quantitative estimate of drug-likeness (QED) is 0.275. The van der Waals surface area contributed by atoms with Crippen LogP contribution in [0.5, 0.6) is 0 Å². The van der Waals surface area contributed by atoms with Gasteiger partial charge >= 0.3 is 236 Å². The molecule has 4 aliphatic rings. The molecule has 0 aliphatic carbocycles. The molecule has 0 saturated carbocycles. The van der Waals surface area contributed by atoms with E-state index in [1.807, 2.05) is 97.1 Å². The van der Waals surface area contributed by atoms with Crippen LogP contribution in [0.25, 0.3) is 38.0 Å². The third kappa shape index (κ3) is 2.06. The van der Waals surface area contributed by atoms with Gasteiger partial charge in [0.1, 0.15) is 0 Å². The molecule has 10 heteroatoms. The number of hydrogen-bond donors (Lipinski definition) is 2. The first-order valence-corrected chi connectivity index (χ1v) is 15.7. The fraction of sp³-hybridized carbons (Fsp3) is 0. The second kappa shape index (κ2) is 6.48. The average Bonchev–Trinajstić information content (AvgIpc) is 3.74. The van der Waals surface area contributed by atoms with Crippen LogP contribution in [0.15, 0.2) is 117 Å². The van der Waals surface area contributed by atoms with E-state index < -0.39 is 7.51 Å². The average molecular weight is 564 g/mol. The van der Waals surface area contributed by atoms with Crippen molar-refractivity contribution in [2.75, 3.05) is 0 Å². The summed E-state index contributed by atoms with van der Waals surface area (Å²) in [6.45, 7) is 0. The van der Waals surface area contributed by atoms with Gasteiger partial charge in [0.25, 0.3) is 0 Å². The van der Waals surface area contributed by atoms with Crippen molar-refractivity contribution < 1.29 is 9.79 Å². The van der Waals surface area contributed by atoms with Gasteiger partial charge in [-0.25, -0.2) is 0 Å². The van der Waals surface area contributed by atoms with E-state index in [1.165, 1.54) is 0 Å². The third-order valence-corrected chi connectivity index (χ3v) is 12.3. The Bertz CT molecular complexity index is 2800. The van der Waals surface area contributed by atoms with Crippen LogP contribution in [0, 0.1) is 0 Å². The predicted octanol–water partition coefficient (Wildman–Crippen LogP) is 3.69. The summed E-state index contributed by atoms with van der Waals surface area (Å²) in [7, 11) is -5.49. The molecule has 198 valence electrons. The van der Waals surface area contributed by atoms with Crippen molar-refractivity contribution in [1.82, 2.24) is 13.0 Å². The fourth-order valence-corrected chi connectivity index (χ4v) is 10.9. The molecule has 4 aromatic carbocycles. The Labute approximate surface area is 235 Å². The minimum absolute atomic E-state index is 0.398. The van der Waals surface area contributed by atoms with Gasteiger partial charge in [-0.1, -0.05) is 0 Å². The van der Waals surface area contributed by atoms with Gasteiger partial charge < -0.3 is 0 Å². The molecule has 11 rings (SSSR count). The molecular formula is C32H18N7O2P. The van der Waals surface area contributed by atoms with Gasteiger partial charge in [-0.3, -0.25) is 0 Å². The van der Waals surface area contributed by atoms with E-state index >= 15 is 0 Å². The molecule has 0 radical (unpaired) electrons. The molecule has 0 spiro atoms. The molecule has 0 unspecified atom stereocenters. The third-order valence-electron chi connectivity index (χ3n) is 9.03. The van der Waals surface area contributed by atoms with E-state index in [9.17, 15) is 9.79 Å². The van der Waals surface area contributed by atoms with Crippen LogP contribution in [0.1, 0.15) is 11.1 Å². The van der Waals surface area contributed by atoms with Crippen LogP contribution >= 0.6 is 7.51 Å². The van der Waals surface area contributed by atoms with Crippen LogP contribution in [0.3, 0.4) is 0 Å². The molecule has 0 amide bonds. The standard InChI is InChI=1S/C32H18N7O2P/c40-42(41)37-26-18-10-2-4-12-20(18)29(37)35-30-23-15-7-8-16-24(23)32(39(30)42)36-31-22-14-6-5-13-21(22)28(38(31)42)34-27-19-11-3-1-9-17(19)25(26)33-27/h1-16,40-41H. The van der Waals surface area contributed by atoms with Gasteiger partial charge in [0.15, 0.2) is 0 Å². The molecule has 42 heavy (non-hydrogen) atoms. The fourth-order valence-electron chi connectivity index (χ4n) is 7.36. The Morgan fingerprint density at radius 2 is 0.929 bits per heavy atom. The number of fused-ring (bicyclic) bond motifs is 13. The molecule has 2 bridgehead atoms. The van der Waals surface area contributed by atoms with Gasteiger partial charge in [0, 0.05) is 0 Å². The van der Waals surface area contributed by atoms with Crippen LogP contribution < -0.4 is 21.8 Å². The second-order valence-electron chi connectivity index (χ2n) is 11.1.